The Balaban J connectivity index is 1.73. The zero-order valence-corrected chi connectivity index (χ0v) is 18.6. The average molecular weight is 522 g/mol. The lowest BCUT2D eigenvalue weighted by Crippen LogP contribution is -2.35. The van der Waals surface area contributed by atoms with Crippen molar-refractivity contribution in [2.45, 2.75) is 0 Å². The SMILES string of the molecule is COc1cc(/C=C2/NC(=O)N(CC(=O)O)C2=O)c(Br)cc1OCC(=O)Nc1ccc(F)cc1. The predicted molar refractivity (Wildman–Crippen MR) is 117 cm³/mol. The van der Waals surface area contributed by atoms with Gasteiger partial charge < -0.3 is 25.2 Å². The zero-order chi connectivity index (χ0) is 24.1. The lowest BCUT2D eigenvalue weighted by atomic mass is 10.1. The number of halogens is 2. The summed E-state index contributed by atoms with van der Waals surface area (Å²) in [5, 5.41) is 13.7. The molecule has 0 saturated carbocycles. The number of methoxy groups -OCH3 is 1. The van der Waals surface area contributed by atoms with Gasteiger partial charge in [0.2, 0.25) is 0 Å². The number of hydrogen-bond acceptors (Lipinski definition) is 6. The second-order valence-corrected chi connectivity index (χ2v) is 7.50. The van der Waals surface area contributed by atoms with Crippen LogP contribution >= 0.6 is 15.9 Å². The molecule has 0 aliphatic carbocycles. The molecule has 33 heavy (non-hydrogen) atoms. The van der Waals surface area contributed by atoms with Gasteiger partial charge in [-0.2, -0.15) is 0 Å². The maximum absolute atomic E-state index is 13.0. The molecule has 0 bridgehead atoms. The van der Waals surface area contributed by atoms with Gasteiger partial charge in [0.05, 0.1) is 7.11 Å². The second-order valence-electron chi connectivity index (χ2n) is 6.64. The minimum atomic E-state index is -1.33. The smallest absolute Gasteiger partial charge is 0.329 e. The first-order chi connectivity index (χ1) is 15.7. The van der Waals surface area contributed by atoms with E-state index in [-0.39, 0.29) is 23.8 Å². The predicted octanol–water partition coefficient (Wildman–Crippen LogP) is 2.59. The van der Waals surface area contributed by atoms with E-state index in [2.05, 4.69) is 26.6 Å². The van der Waals surface area contributed by atoms with Crippen molar-refractivity contribution < 1.29 is 38.1 Å². The van der Waals surface area contributed by atoms with Gasteiger partial charge in [0.1, 0.15) is 18.1 Å². The van der Waals surface area contributed by atoms with Crippen molar-refractivity contribution in [3.63, 3.8) is 0 Å². The number of hydrogen-bond donors (Lipinski definition) is 3. The normalized spacial score (nSPS) is 14.3. The van der Waals surface area contributed by atoms with Crippen LogP contribution in [0.1, 0.15) is 5.56 Å². The highest BCUT2D eigenvalue weighted by Crippen LogP contribution is 2.35. The van der Waals surface area contributed by atoms with Gasteiger partial charge in [0.25, 0.3) is 11.8 Å². The summed E-state index contributed by atoms with van der Waals surface area (Å²) < 4.78 is 24.2. The molecule has 2 aromatic rings. The number of imide groups is 1. The first kappa shape index (κ1) is 23.7. The molecule has 1 fully saturated rings. The van der Waals surface area contributed by atoms with Crippen molar-refractivity contribution in [3.8, 4) is 11.5 Å². The fraction of sp³-hybridized carbons (Fsp3) is 0.143. The van der Waals surface area contributed by atoms with Crippen molar-refractivity contribution in [1.29, 1.82) is 0 Å². The molecular formula is C21H17BrFN3O7. The van der Waals surface area contributed by atoms with E-state index >= 15 is 0 Å². The molecule has 0 aromatic heterocycles. The number of amides is 4. The molecule has 1 saturated heterocycles. The van der Waals surface area contributed by atoms with Crippen molar-refractivity contribution >= 4 is 51.5 Å². The Morgan fingerprint density at radius 3 is 2.55 bits per heavy atom. The van der Waals surface area contributed by atoms with Crippen LogP contribution in [0.25, 0.3) is 6.08 Å². The van der Waals surface area contributed by atoms with Crippen LogP contribution in [0.3, 0.4) is 0 Å². The number of ether oxygens (including phenoxy) is 2. The number of carbonyl (C=O) groups excluding carboxylic acids is 3. The highest BCUT2D eigenvalue weighted by molar-refractivity contribution is 9.10. The largest absolute Gasteiger partial charge is 0.493 e. The third kappa shape index (κ3) is 5.86. The third-order valence-electron chi connectivity index (χ3n) is 4.33. The molecule has 0 spiro atoms. The van der Waals surface area contributed by atoms with Crippen molar-refractivity contribution in [3.05, 3.63) is 57.9 Å². The molecule has 4 amide bonds. The summed E-state index contributed by atoms with van der Waals surface area (Å²) in [5.74, 6) is -2.57. The number of aliphatic carboxylic acids is 1. The molecule has 3 rings (SSSR count). The maximum Gasteiger partial charge on any atom is 0.329 e. The number of carboxylic acid groups (broad SMARTS) is 1. The molecular weight excluding hydrogens is 505 g/mol. The number of rotatable bonds is 8. The summed E-state index contributed by atoms with van der Waals surface area (Å²) in [6.45, 7) is -1.13. The minimum absolute atomic E-state index is 0.114. The highest BCUT2D eigenvalue weighted by atomic mass is 79.9. The van der Waals surface area contributed by atoms with Crippen LogP contribution in [0.5, 0.6) is 11.5 Å². The highest BCUT2D eigenvalue weighted by Gasteiger charge is 2.35. The Hall–Kier alpha value is -3.93. The fourth-order valence-electron chi connectivity index (χ4n) is 2.81. The summed E-state index contributed by atoms with van der Waals surface area (Å²) in [6.07, 6.45) is 1.35. The molecule has 10 nitrogen and oxygen atoms in total. The number of benzene rings is 2. The maximum atomic E-state index is 13.0. The van der Waals surface area contributed by atoms with Crippen molar-refractivity contribution in [2.75, 3.05) is 25.6 Å². The van der Waals surface area contributed by atoms with E-state index in [0.717, 1.165) is 0 Å². The van der Waals surface area contributed by atoms with Gasteiger partial charge in [-0.05, 0) is 48.0 Å². The van der Waals surface area contributed by atoms with Gasteiger partial charge in [0, 0.05) is 10.2 Å². The van der Waals surface area contributed by atoms with E-state index in [1.807, 2.05) is 0 Å². The summed E-state index contributed by atoms with van der Waals surface area (Å²) >= 11 is 3.33. The first-order valence-electron chi connectivity index (χ1n) is 9.30. The van der Waals surface area contributed by atoms with Crippen molar-refractivity contribution in [2.24, 2.45) is 0 Å². The van der Waals surface area contributed by atoms with E-state index in [1.54, 1.807) is 0 Å². The molecule has 1 aliphatic heterocycles. The van der Waals surface area contributed by atoms with Crippen LogP contribution < -0.4 is 20.1 Å². The molecule has 0 radical (unpaired) electrons. The van der Waals surface area contributed by atoms with Gasteiger partial charge in [0.15, 0.2) is 18.1 Å². The third-order valence-corrected chi connectivity index (χ3v) is 5.01. The molecule has 172 valence electrons. The number of urea groups is 1. The van der Waals surface area contributed by atoms with Crippen LogP contribution in [0, 0.1) is 5.82 Å². The minimum Gasteiger partial charge on any atom is -0.493 e. The Bertz CT molecular complexity index is 1150. The van der Waals surface area contributed by atoms with Crippen LogP contribution in [0.2, 0.25) is 0 Å². The van der Waals surface area contributed by atoms with E-state index in [4.69, 9.17) is 14.6 Å². The topological polar surface area (TPSA) is 134 Å². The van der Waals surface area contributed by atoms with Crippen LogP contribution in [0.4, 0.5) is 14.9 Å². The summed E-state index contributed by atoms with van der Waals surface area (Å²) in [4.78, 5) is 47.7. The van der Waals surface area contributed by atoms with Crippen LogP contribution in [0.15, 0.2) is 46.6 Å². The molecule has 0 unspecified atom stereocenters. The van der Waals surface area contributed by atoms with E-state index in [1.165, 1.54) is 49.6 Å². The summed E-state index contributed by atoms with van der Waals surface area (Å²) in [5.41, 5.74) is 0.715. The molecule has 3 N–H and O–H groups in total. The molecule has 0 atom stereocenters. The monoisotopic (exact) mass is 521 g/mol. The van der Waals surface area contributed by atoms with Gasteiger partial charge in [-0.25, -0.2) is 14.1 Å². The molecule has 12 heteroatoms. The first-order valence-corrected chi connectivity index (χ1v) is 10.1. The lowest BCUT2D eigenvalue weighted by Gasteiger charge is -2.13. The van der Waals surface area contributed by atoms with Gasteiger partial charge >= 0.3 is 12.0 Å². The number of nitrogens with zero attached hydrogens (tertiary/aromatic N) is 1. The van der Waals surface area contributed by atoms with Gasteiger partial charge in [-0.3, -0.25) is 14.4 Å². The Labute approximate surface area is 195 Å². The number of carbonyl (C=O) groups is 4. The van der Waals surface area contributed by atoms with Crippen molar-refractivity contribution in [1.82, 2.24) is 10.2 Å². The van der Waals surface area contributed by atoms with E-state index < -0.39 is 36.2 Å². The van der Waals surface area contributed by atoms with Gasteiger partial charge in [-0.15, -0.1) is 0 Å². The van der Waals surface area contributed by atoms with E-state index in [0.29, 0.717) is 20.6 Å². The lowest BCUT2D eigenvalue weighted by molar-refractivity contribution is -0.140. The number of anilines is 1. The molecule has 1 heterocycles. The van der Waals surface area contributed by atoms with Crippen LogP contribution in [-0.2, 0) is 14.4 Å². The van der Waals surface area contributed by atoms with Gasteiger partial charge in [-0.1, -0.05) is 15.9 Å². The Morgan fingerprint density at radius 1 is 1.21 bits per heavy atom. The Morgan fingerprint density at radius 2 is 1.91 bits per heavy atom. The number of nitrogens with one attached hydrogen (secondary N) is 2. The zero-order valence-electron chi connectivity index (χ0n) is 17.1. The number of carboxylic acids is 1. The standard InChI is InChI=1S/C21H17BrFN3O7/c1-32-16-7-11(6-15-20(30)26(9-19(28)29)21(31)25-15)14(22)8-17(16)33-10-18(27)24-13-4-2-12(23)3-5-13/h2-8H,9-10H2,1H3,(H,24,27)(H,25,31)(H,28,29)/b15-6+. The van der Waals surface area contributed by atoms with E-state index in [9.17, 15) is 23.6 Å². The second kappa shape index (κ2) is 10.1. The quantitative estimate of drug-likeness (QED) is 0.359. The molecule has 1 aliphatic rings. The fourth-order valence-corrected chi connectivity index (χ4v) is 3.25. The average Bonchev–Trinajstić information content (AvgIpc) is 3.02. The Kier molecular flexibility index (Phi) is 7.28. The van der Waals surface area contributed by atoms with Crippen LogP contribution in [-0.4, -0.2) is 54.1 Å². The summed E-state index contributed by atoms with van der Waals surface area (Å²) in [6, 6.07) is 7.41. The molecule has 2 aromatic carbocycles. The summed E-state index contributed by atoms with van der Waals surface area (Å²) in [7, 11) is 1.38.